The smallest absolute Gasteiger partial charge is 0.748 e. The van der Waals surface area contributed by atoms with Crippen molar-refractivity contribution in [2.45, 2.75) is 51.4 Å². The van der Waals surface area contributed by atoms with Gasteiger partial charge in [0.15, 0.2) is 0 Å². The van der Waals surface area contributed by atoms with Crippen LogP contribution in [-0.2, 0) is 10.1 Å². The molecule has 0 bridgehead atoms. The van der Waals surface area contributed by atoms with Crippen LogP contribution >= 0.6 is 0 Å². The zero-order chi connectivity index (χ0) is 11.6. The average Bonchev–Trinajstić information content (AvgIpc) is 2.14. The molecule has 0 heterocycles. The Morgan fingerprint density at radius 2 is 1.19 bits per heavy atom. The summed E-state index contributed by atoms with van der Waals surface area (Å²) in [4.78, 5) is 0. The maximum Gasteiger partial charge on any atom is 1.00 e. The summed E-state index contributed by atoms with van der Waals surface area (Å²) < 4.78 is 42.4. The van der Waals surface area contributed by atoms with Crippen LogP contribution < -0.4 is 51.4 Å². The molecule has 0 unspecified atom stereocenters. The zero-order valence-corrected chi connectivity index (χ0v) is 14.0. The van der Waals surface area contributed by atoms with E-state index in [2.05, 4.69) is 0 Å². The largest absolute Gasteiger partial charge is 1.00 e. The minimum Gasteiger partial charge on any atom is -0.748 e. The predicted molar refractivity (Wildman–Crippen MR) is 57.5 cm³/mol. The first kappa shape index (κ1) is 19.8. The van der Waals surface area contributed by atoms with Crippen molar-refractivity contribution < 1.29 is 68.7 Å². The van der Waals surface area contributed by atoms with Gasteiger partial charge in [0, 0.05) is 5.75 Å². The summed E-state index contributed by atoms with van der Waals surface area (Å²) in [5.41, 5.74) is 0. The van der Waals surface area contributed by atoms with Crippen LogP contribution in [0, 0.1) is 0 Å². The number of rotatable bonds is 10. The molecule has 0 aromatic rings. The van der Waals surface area contributed by atoms with Gasteiger partial charge in [-0.2, -0.15) is 0 Å². The van der Waals surface area contributed by atoms with Gasteiger partial charge in [-0.05, 0) is 12.8 Å². The fraction of sp³-hybridized carbons (Fsp3) is 1.00. The summed E-state index contributed by atoms with van der Waals surface area (Å²) in [6.45, 7) is -0.235. The Morgan fingerprint density at radius 1 is 0.812 bits per heavy atom. The molecule has 16 heavy (non-hydrogen) atoms. The van der Waals surface area contributed by atoms with E-state index >= 15 is 0 Å². The van der Waals surface area contributed by atoms with Gasteiger partial charge in [-0.3, -0.25) is 4.39 Å². The second-order valence-electron chi connectivity index (χ2n) is 3.78. The van der Waals surface area contributed by atoms with Crippen LogP contribution in [0.1, 0.15) is 51.4 Å². The maximum absolute atomic E-state index is 11.7. The van der Waals surface area contributed by atoms with Crippen molar-refractivity contribution in [1.29, 1.82) is 0 Å². The van der Waals surface area contributed by atoms with Gasteiger partial charge in [0.05, 0.1) is 16.8 Å². The number of unbranched alkanes of at least 4 members (excludes halogenated alkanes) is 7. The van der Waals surface area contributed by atoms with Gasteiger partial charge in [-0.15, -0.1) is 0 Å². The second kappa shape index (κ2) is 12.9. The topological polar surface area (TPSA) is 57.2 Å². The second-order valence-corrected chi connectivity index (χ2v) is 5.30. The Labute approximate surface area is 141 Å². The van der Waals surface area contributed by atoms with Gasteiger partial charge in [-0.25, -0.2) is 8.42 Å². The number of hydrogen-bond acceptors (Lipinski definition) is 3. The third-order valence-corrected chi connectivity index (χ3v) is 3.07. The standard InChI is InChI=1S/C10H21FO3S.K/c11-9-7-5-3-1-2-4-6-8-10-15(12,13)14;/h1-10H2,(H,12,13,14);/q;+1/p-1. The van der Waals surface area contributed by atoms with Crippen LogP contribution in [0.15, 0.2) is 0 Å². The molecule has 0 atom stereocenters. The Balaban J connectivity index is 0. The quantitative estimate of drug-likeness (QED) is 0.311. The molecule has 92 valence electrons. The molecule has 0 aliphatic carbocycles. The van der Waals surface area contributed by atoms with Crippen molar-refractivity contribution in [3.63, 3.8) is 0 Å². The molecule has 0 saturated carbocycles. The van der Waals surface area contributed by atoms with E-state index in [0.29, 0.717) is 12.8 Å². The van der Waals surface area contributed by atoms with E-state index in [0.717, 1.165) is 38.5 Å². The van der Waals surface area contributed by atoms with E-state index in [-0.39, 0.29) is 63.8 Å². The van der Waals surface area contributed by atoms with Gasteiger partial charge in [0.25, 0.3) is 0 Å². The van der Waals surface area contributed by atoms with Crippen molar-refractivity contribution in [3.05, 3.63) is 0 Å². The molecule has 6 heteroatoms. The first-order valence-corrected chi connectivity index (χ1v) is 7.13. The monoisotopic (exact) mass is 278 g/mol. The van der Waals surface area contributed by atoms with Gasteiger partial charge < -0.3 is 4.55 Å². The minimum absolute atomic E-state index is 0. The fourth-order valence-electron chi connectivity index (χ4n) is 1.43. The normalized spacial score (nSPS) is 11.1. The van der Waals surface area contributed by atoms with E-state index in [1.807, 2.05) is 0 Å². The fourth-order valence-corrected chi connectivity index (χ4v) is 1.99. The van der Waals surface area contributed by atoms with Crippen molar-refractivity contribution in [1.82, 2.24) is 0 Å². The summed E-state index contributed by atoms with van der Waals surface area (Å²) in [5.74, 6) is -0.241. The molecule has 0 amide bonds. The average molecular weight is 278 g/mol. The van der Waals surface area contributed by atoms with Crippen LogP contribution in [0.5, 0.6) is 0 Å². The summed E-state index contributed by atoms with van der Waals surface area (Å²) in [6.07, 6.45) is 6.98. The third kappa shape index (κ3) is 17.9. The molecule has 0 N–H and O–H groups in total. The van der Waals surface area contributed by atoms with Crippen LogP contribution in [0.25, 0.3) is 0 Å². The van der Waals surface area contributed by atoms with Crippen molar-refractivity contribution in [2.24, 2.45) is 0 Å². The summed E-state index contributed by atoms with van der Waals surface area (Å²) in [6, 6.07) is 0. The Hall–Kier alpha value is 1.48. The van der Waals surface area contributed by atoms with Crippen molar-refractivity contribution in [3.8, 4) is 0 Å². The Morgan fingerprint density at radius 3 is 1.56 bits per heavy atom. The molecule has 0 radical (unpaired) electrons. The summed E-state index contributed by atoms with van der Waals surface area (Å²) >= 11 is 0. The summed E-state index contributed by atoms with van der Waals surface area (Å²) in [5, 5.41) is 0. The molecule has 0 aliphatic rings. The molecular formula is C10H20FKO3S. The Kier molecular flexibility index (Phi) is 16.0. The predicted octanol–water partition coefficient (Wildman–Crippen LogP) is -0.374. The van der Waals surface area contributed by atoms with E-state index in [4.69, 9.17) is 0 Å². The number of alkyl halides is 1. The SMILES string of the molecule is O=S(=O)([O-])CCCCCCCCCCF.[K+]. The molecule has 0 rings (SSSR count). The van der Waals surface area contributed by atoms with E-state index in [1.165, 1.54) is 0 Å². The van der Waals surface area contributed by atoms with Crippen LogP contribution in [0.3, 0.4) is 0 Å². The number of hydrogen-bond donors (Lipinski definition) is 0. The molecule has 0 aliphatic heterocycles. The first-order chi connectivity index (χ1) is 7.06. The molecule has 0 aromatic heterocycles. The molecule has 0 aromatic carbocycles. The summed E-state index contributed by atoms with van der Waals surface area (Å²) in [7, 11) is -4.02. The van der Waals surface area contributed by atoms with Gasteiger partial charge in [0.1, 0.15) is 0 Å². The molecule has 3 nitrogen and oxygen atoms in total. The van der Waals surface area contributed by atoms with Crippen LogP contribution in [0.4, 0.5) is 4.39 Å². The first-order valence-electron chi connectivity index (χ1n) is 5.56. The van der Waals surface area contributed by atoms with Crippen LogP contribution in [-0.4, -0.2) is 25.4 Å². The maximum atomic E-state index is 11.7. The molecule has 0 saturated heterocycles. The van der Waals surface area contributed by atoms with Crippen LogP contribution in [0.2, 0.25) is 0 Å². The molecule has 0 fully saturated rings. The molecular weight excluding hydrogens is 258 g/mol. The van der Waals surface area contributed by atoms with Gasteiger partial charge >= 0.3 is 51.4 Å². The van der Waals surface area contributed by atoms with E-state index in [1.54, 1.807) is 0 Å². The zero-order valence-electron chi connectivity index (χ0n) is 10.1. The van der Waals surface area contributed by atoms with Gasteiger partial charge in [0.2, 0.25) is 0 Å². The minimum atomic E-state index is -4.02. The van der Waals surface area contributed by atoms with Gasteiger partial charge in [-0.1, -0.05) is 38.5 Å². The van der Waals surface area contributed by atoms with Crippen molar-refractivity contribution >= 4 is 10.1 Å². The van der Waals surface area contributed by atoms with E-state index < -0.39 is 10.1 Å². The third-order valence-electron chi connectivity index (χ3n) is 2.28. The Bertz CT molecular complexity index is 232. The molecule has 0 spiro atoms. The van der Waals surface area contributed by atoms with E-state index in [9.17, 15) is 17.4 Å². The van der Waals surface area contributed by atoms with Crippen molar-refractivity contribution in [2.75, 3.05) is 12.4 Å². The number of halogens is 1.